The predicted octanol–water partition coefficient (Wildman–Crippen LogP) is 3.37. The van der Waals surface area contributed by atoms with Crippen molar-refractivity contribution >= 4 is 0 Å². The summed E-state index contributed by atoms with van der Waals surface area (Å²) in [6.45, 7) is 10.2. The molecule has 0 aliphatic carbocycles. The van der Waals surface area contributed by atoms with E-state index in [-0.39, 0.29) is 5.41 Å². The first-order chi connectivity index (χ1) is 8.05. The zero-order valence-corrected chi connectivity index (χ0v) is 11.4. The van der Waals surface area contributed by atoms with Gasteiger partial charge in [-0.05, 0) is 43.0 Å². The van der Waals surface area contributed by atoms with Gasteiger partial charge in [-0.25, -0.2) is 0 Å². The number of likely N-dealkylation sites (tertiary alicyclic amines) is 1. The summed E-state index contributed by atoms with van der Waals surface area (Å²) in [6, 6.07) is 4.42. The first-order valence-electron chi connectivity index (χ1n) is 6.73. The second-order valence-corrected chi connectivity index (χ2v) is 6.13. The van der Waals surface area contributed by atoms with Gasteiger partial charge in [-0.2, -0.15) is 0 Å². The largest absolute Gasteiger partial charge is 0.298 e. The number of hydrogen-bond acceptors (Lipinski definition) is 2. The van der Waals surface area contributed by atoms with Crippen LogP contribution in [0.3, 0.4) is 0 Å². The number of piperidine rings is 1. The van der Waals surface area contributed by atoms with Crippen LogP contribution in [0, 0.1) is 0 Å². The Morgan fingerprint density at radius 1 is 1.12 bits per heavy atom. The molecule has 0 atom stereocenters. The minimum absolute atomic E-state index is 0.205. The van der Waals surface area contributed by atoms with E-state index in [0.717, 1.165) is 6.54 Å². The molecule has 1 aliphatic heterocycles. The highest BCUT2D eigenvalue weighted by Gasteiger charge is 2.15. The fraction of sp³-hybridized carbons (Fsp3) is 0.667. The monoisotopic (exact) mass is 232 g/mol. The predicted molar refractivity (Wildman–Crippen MR) is 72.1 cm³/mol. The van der Waals surface area contributed by atoms with Gasteiger partial charge in [0.05, 0.1) is 5.69 Å². The van der Waals surface area contributed by atoms with Gasteiger partial charge in [0.2, 0.25) is 0 Å². The summed E-state index contributed by atoms with van der Waals surface area (Å²) >= 11 is 0. The number of hydrogen-bond donors (Lipinski definition) is 0. The average molecular weight is 232 g/mol. The van der Waals surface area contributed by atoms with Gasteiger partial charge in [0.1, 0.15) is 0 Å². The molecule has 1 fully saturated rings. The van der Waals surface area contributed by atoms with E-state index in [4.69, 9.17) is 0 Å². The van der Waals surface area contributed by atoms with Crippen LogP contribution in [0.1, 0.15) is 51.3 Å². The maximum absolute atomic E-state index is 4.60. The van der Waals surface area contributed by atoms with Crippen molar-refractivity contribution in [1.82, 2.24) is 9.88 Å². The van der Waals surface area contributed by atoms with Gasteiger partial charge in [0, 0.05) is 12.7 Å². The second kappa shape index (κ2) is 5.18. The molecule has 2 heterocycles. The van der Waals surface area contributed by atoms with Crippen molar-refractivity contribution in [2.45, 2.75) is 52.0 Å². The normalized spacial score (nSPS) is 18.3. The van der Waals surface area contributed by atoms with E-state index in [0.29, 0.717) is 0 Å². The van der Waals surface area contributed by atoms with Crippen molar-refractivity contribution < 1.29 is 0 Å². The lowest BCUT2D eigenvalue weighted by molar-refractivity contribution is 0.218. The van der Waals surface area contributed by atoms with Crippen LogP contribution in [0.25, 0.3) is 0 Å². The second-order valence-electron chi connectivity index (χ2n) is 6.13. The number of rotatable bonds is 2. The molecule has 1 aromatic heterocycles. The first-order valence-corrected chi connectivity index (χ1v) is 6.73. The molecule has 94 valence electrons. The third kappa shape index (κ3) is 3.53. The minimum Gasteiger partial charge on any atom is -0.298 e. The Kier molecular flexibility index (Phi) is 3.82. The smallest absolute Gasteiger partial charge is 0.0544 e. The van der Waals surface area contributed by atoms with E-state index >= 15 is 0 Å². The van der Waals surface area contributed by atoms with E-state index in [1.54, 1.807) is 0 Å². The highest BCUT2D eigenvalue weighted by molar-refractivity contribution is 5.21. The summed E-state index contributed by atoms with van der Waals surface area (Å²) in [5.74, 6) is 0. The molecule has 2 nitrogen and oxygen atoms in total. The van der Waals surface area contributed by atoms with Crippen molar-refractivity contribution in [2.24, 2.45) is 0 Å². The molecule has 0 aromatic carbocycles. The Balaban J connectivity index is 1.98. The molecule has 0 bridgehead atoms. The van der Waals surface area contributed by atoms with Gasteiger partial charge in [-0.3, -0.25) is 9.88 Å². The van der Waals surface area contributed by atoms with Crippen molar-refractivity contribution in [3.8, 4) is 0 Å². The van der Waals surface area contributed by atoms with E-state index in [2.05, 4.69) is 42.8 Å². The maximum Gasteiger partial charge on any atom is 0.0544 e. The number of nitrogens with zero attached hydrogens (tertiary/aromatic N) is 2. The van der Waals surface area contributed by atoms with Crippen molar-refractivity contribution in [3.63, 3.8) is 0 Å². The molecule has 0 unspecified atom stereocenters. The van der Waals surface area contributed by atoms with Gasteiger partial charge >= 0.3 is 0 Å². The topological polar surface area (TPSA) is 16.1 Å². The molecule has 0 amide bonds. The van der Waals surface area contributed by atoms with Crippen molar-refractivity contribution in [3.05, 3.63) is 29.6 Å². The van der Waals surface area contributed by atoms with Gasteiger partial charge in [-0.1, -0.05) is 33.3 Å². The number of aromatic nitrogens is 1. The van der Waals surface area contributed by atoms with Crippen LogP contribution in [-0.4, -0.2) is 23.0 Å². The quantitative estimate of drug-likeness (QED) is 0.777. The Hall–Kier alpha value is -0.890. The van der Waals surface area contributed by atoms with Crippen molar-refractivity contribution in [2.75, 3.05) is 13.1 Å². The van der Waals surface area contributed by atoms with Crippen LogP contribution < -0.4 is 0 Å². The summed E-state index contributed by atoms with van der Waals surface area (Å²) in [7, 11) is 0. The van der Waals surface area contributed by atoms with Crippen LogP contribution >= 0.6 is 0 Å². The summed E-state index contributed by atoms with van der Waals surface area (Å²) in [6.07, 6.45) is 6.13. The molecule has 0 N–H and O–H groups in total. The van der Waals surface area contributed by atoms with E-state index in [9.17, 15) is 0 Å². The van der Waals surface area contributed by atoms with Crippen LogP contribution in [-0.2, 0) is 12.0 Å². The van der Waals surface area contributed by atoms with Gasteiger partial charge < -0.3 is 0 Å². The molecule has 2 heteroatoms. The lowest BCUT2D eigenvalue weighted by Crippen LogP contribution is -2.29. The van der Waals surface area contributed by atoms with Gasteiger partial charge in [0.15, 0.2) is 0 Å². The van der Waals surface area contributed by atoms with E-state index < -0.39 is 0 Å². The zero-order chi connectivity index (χ0) is 12.3. The lowest BCUT2D eigenvalue weighted by Gasteiger charge is -2.26. The maximum atomic E-state index is 4.60. The molecule has 1 aliphatic rings. The highest BCUT2D eigenvalue weighted by Crippen LogP contribution is 2.21. The Labute approximate surface area is 105 Å². The molecule has 1 aromatic rings. The fourth-order valence-electron chi connectivity index (χ4n) is 2.31. The molecule has 0 spiro atoms. The summed E-state index contributed by atoms with van der Waals surface area (Å²) < 4.78 is 0. The Bertz CT molecular complexity index is 342. The molecular weight excluding hydrogens is 208 g/mol. The third-order valence-electron chi connectivity index (χ3n) is 3.53. The van der Waals surface area contributed by atoms with Gasteiger partial charge in [0.25, 0.3) is 0 Å². The molecule has 0 saturated carbocycles. The Morgan fingerprint density at radius 3 is 2.35 bits per heavy atom. The van der Waals surface area contributed by atoms with E-state index in [1.165, 1.54) is 43.6 Å². The number of pyridine rings is 1. The summed E-state index contributed by atoms with van der Waals surface area (Å²) in [5, 5.41) is 0. The molecule has 2 rings (SSSR count). The third-order valence-corrected chi connectivity index (χ3v) is 3.53. The molecule has 17 heavy (non-hydrogen) atoms. The van der Waals surface area contributed by atoms with Gasteiger partial charge in [-0.15, -0.1) is 0 Å². The molecular formula is C15H24N2. The standard InChI is InChI=1S/C15H24N2/c1-15(2,3)13-7-8-14(16-11-13)12-17-9-5-4-6-10-17/h7-8,11H,4-6,9-10,12H2,1-3H3. The zero-order valence-electron chi connectivity index (χ0n) is 11.4. The molecule has 0 radical (unpaired) electrons. The summed E-state index contributed by atoms with van der Waals surface area (Å²) in [5.41, 5.74) is 2.73. The Morgan fingerprint density at radius 2 is 1.82 bits per heavy atom. The van der Waals surface area contributed by atoms with E-state index in [1.807, 2.05) is 6.20 Å². The highest BCUT2D eigenvalue weighted by atomic mass is 15.1. The van der Waals surface area contributed by atoms with Crippen molar-refractivity contribution in [1.29, 1.82) is 0 Å². The minimum atomic E-state index is 0.205. The molecule has 1 saturated heterocycles. The SMILES string of the molecule is CC(C)(C)c1ccc(CN2CCCCC2)nc1. The van der Waals surface area contributed by atoms with Crippen LogP contribution in [0.5, 0.6) is 0 Å². The fourth-order valence-corrected chi connectivity index (χ4v) is 2.31. The van der Waals surface area contributed by atoms with Crippen LogP contribution in [0.4, 0.5) is 0 Å². The lowest BCUT2D eigenvalue weighted by atomic mass is 9.88. The average Bonchev–Trinajstić information content (AvgIpc) is 2.30. The first kappa shape index (κ1) is 12.6. The van der Waals surface area contributed by atoms with Crippen LogP contribution in [0.2, 0.25) is 0 Å². The summed E-state index contributed by atoms with van der Waals surface area (Å²) in [4.78, 5) is 7.11. The van der Waals surface area contributed by atoms with Crippen LogP contribution in [0.15, 0.2) is 18.3 Å².